The van der Waals surface area contributed by atoms with Crippen LogP contribution in [0.1, 0.15) is 59.2 Å². The van der Waals surface area contributed by atoms with E-state index in [0.29, 0.717) is 19.4 Å². The highest BCUT2D eigenvalue weighted by atomic mass is 32.2. The molecule has 0 saturated heterocycles. The molecule has 3 aromatic rings. The first-order valence-corrected chi connectivity index (χ1v) is 13.7. The quantitative estimate of drug-likeness (QED) is 0.471. The number of anilines is 1. The summed E-state index contributed by atoms with van der Waals surface area (Å²) in [7, 11) is -3.63. The Morgan fingerprint density at radius 3 is 2.40 bits per heavy atom. The Balaban J connectivity index is 1.38. The summed E-state index contributed by atoms with van der Waals surface area (Å²) < 4.78 is 28.2. The van der Waals surface area contributed by atoms with Gasteiger partial charge in [0.25, 0.3) is 10.0 Å². The van der Waals surface area contributed by atoms with Crippen molar-refractivity contribution in [2.24, 2.45) is 0 Å². The van der Waals surface area contributed by atoms with Gasteiger partial charge in [-0.2, -0.15) is 0 Å². The standard InChI is InChI=1S/C29H34N2O3S/c1-20-18-22(3)27(19-21(20)2)23(4)30-29(32)16-13-24-11-14-26(15-12-24)35(33,34)31-17-7-9-25-8-5-6-10-28(25)31/h5-6,8,10-12,14-15,18-19,23H,7,9,13,16-17H2,1-4H3,(H,30,32)/t23-/m1/s1. The maximum Gasteiger partial charge on any atom is 0.264 e. The van der Waals surface area contributed by atoms with Gasteiger partial charge in [0.1, 0.15) is 0 Å². The number of hydrogen-bond acceptors (Lipinski definition) is 3. The Morgan fingerprint density at radius 2 is 1.66 bits per heavy atom. The number of benzene rings is 3. The lowest BCUT2D eigenvalue weighted by Crippen LogP contribution is -2.35. The third-order valence-electron chi connectivity index (χ3n) is 6.95. The first kappa shape index (κ1) is 25.0. The highest BCUT2D eigenvalue weighted by molar-refractivity contribution is 7.92. The van der Waals surface area contributed by atoms with Crippen LogP contribution in [0.25, 0.3) is 0 Å². The fraction of sp³-hybridized carbons (Fsp3) is 0.345. The van der Waals surface area contributed by atoms with Crippen LogP contribution in [0.3, 0.4) is 0 Å². The van der Waals surface area contributed by atoms with E-state index in [-0.39, 0.29) is 16.8 Å². The second-order valence-electron chi connectivity index (χ2n) is 9.54. The van der Waals surface area contributed by atoms with E-state index in [0.717, 1.165) is 35.2 Å². The maximum absolute atomic E-state index is 13.3. The monoisotopic (exact) mass is 490 g/mol. The zero-order valence-electron chi connectivity index (χ0n) is 21.0. The molecular weight excluding hydrogens is 456 g/mol. The fourth-order valence-corrected chi connectivity index (χ4v) is 6.34. The molecule has 0 spiro atoms. The summed E-state index contributed by atoms with van der Waals surface area (Å²) in [5, 5.41) is 3.10. The lowest BCUT2D eigenvalue weighted by Gasteiger charge is -2.30. The summed E-state index contributed by atoms with van der Waals surface area (Å²) in [6.45, 7) is 8.74. The minimum Gasteiger partial charge on any atom is -0.350 e. The molecule has 0 radical (unpaired) electrons. The predicted octanol–water partition coefficient (Wildman–Crippen LogP) is 5.56. The number of nitrogens with zero attached hydrogens (tertiary/aromatic N) is 1. The number of sulfonamides is 1. The molecule has 4 rings (SSSR count). The Hall–Kier alpha value is -3.12. The van der Waals surface area contributed by atoms with Crippen LogP contribution in [0.15, 0.2) is 65.6 Å². The van der Waals surface area contributed by atoms with Crippen LogP contribution in [0.2, 0.25) is 0 Å². The molecular formula is C29H34N2O3S. The van der Waals surface area contributed by atoms with E-state index in [1.165, 1.54) is 21.0 Å². The maximum atomic E-state index is 13.3. The van der Waals surface area contributed by atoms with Crippen LogP contribution >= 0.6 is 0 Å². The number of hydrogen-bond donors (Lipinski definition) is 1. The van der Waals surface area contributed by atoms with E-state index < -0.39 is 10.0 Å². The molecule has 0 fully saturated rings. The van der Waals surface area contributed by atoms with Crippen molar-refractivity contribution in [3.8, 4) is 0 Å². The van der Waals surface area contributed by atoms with E-state index in [2.05, 4.69) is 38.2 Å². The molecule has 1 amide bonds. The number of para-hydroxylation sites is 1. The van der Waals surface area contributed by atoms with Crippen molar-refractivity contribution < 1.29 is 13.2 Å². The average molecular weight is 491 g/mol. The summed E-state index contributed by atoms with van der Waals surface area (Å²) >= 11 is 0. The van der Waals surface area contributed by atoms with E-state index in [9.17, 15) is 13.2 Å². The third-order valence-corrected chi connectivity index (χ3v) is 8.77. The summed E-state index contributed by atoms with van der Waals surface area (Å²) in [5.41, 5.74) is 7.55. The first-order valence-electron chi connectivity index (χ1n) is 12.2. The van der Waals surface area contributed by atoms with Gasteiger partial charge in [-0.15, -0.1) is 0 Å². The Morgan fingerprint density at radius 1 is 0.971 bits per heavy atom. The van der Waals surface area contributed by atoms with Crippen LogP contribution in [-0.4, -0.2) is 20.9 Å². The average Bonchev–Trinajstić information content (AvgIpc) is 2.84. The zero-order chi connectivity index (χ0) is 25.2. The minimum absolute atomic E-state index is 0.0169. The highest BCUT2D eigenvalue weighted by Crippen LogP contribution is 2.32. The number of amides is 1. The lowest BCUT2D eigenvalue weighted by atomic mass is 9.96. The van der Waals surface area contributed by atoms with Crippen molar-refractivity contribution in [1.82, 2.24) is 5.32 Å². The molecule has 1 aliphatic heterocycles. The van der Waals surface area contributed by atoms with E-state index in [1.54, 1.807) is 12.1 Å². The van der Waals surface area contributed by atoms with Gasteiger partial charge in [0, 0.05) is 13.0 Å². The van der Waals surface area contributed by atoms with Crippen LogP contribution in [0.5, 0.6) is 0 Å². The van der Waals surface area contributed by atoms with Crippen LogP contribution in [-0.2, 0) is 27.7 Å². The van der Waals surface area contributed by atoms with Crippen molar-refractivity contribution in [1.29, 1.82) is 0 Å². The van der Waals surface area contributed by atoms with Gasteiger partial charge < -0.3 is 5.32 Å². The molecule has 6 heteroatoms. The largest absolute Gasteiger partial charge is 0.350 e. The molecule has 0 unspecified atom stereocenters. The topological polar surface area (TPSA) is 66.5 Å². The predicted molar refractivity (Wildman–Crippen MR) is 141 cm³/mol. The van der Waals surface area contributed by atoms with Crippen molar-refractivity contribution >= 4 is 21.6 Å². The van der Waals surface area contributed by atoms with Gasteiger partial charge in [-0.1, -0.05) is 42.5 Å². The number of carbonyl (C=O) groups excluding carboxylic acids is 1. The molecule has 35 heavy (non-hydrogen) atoms. The molecule has 1 atom stereocenters. The van der Waals surface area contributed by atoms with Gasteiger partial charge in [-0.25, -0.2) is 8.42 Å². The lowest BCUT2D eigenvalue weighted by molar-refractivity contribution is -0.121. The SMILES string of the molecule is Cc1cc(C)c([C@@H](C)NC(=O)CCc2ccc(S(=O)(=O)N3CCCc4ccccc43)cc2)cc1C. The normalized spacial score (nSPS) is 14.3. The van der Waals surface area contributed by atoms with Crippen LogP contribution < -0.4 is 9.62 Å². The number of fused-ring (bicyclic) bond motifs is 1. The second-order valence-corrected chi connectivity index (χ2v) is 11.4. The summed E-state index contributed by atoms with van der Waals surface area (Å²) in [6, 6.07) is 18.9. The van der Waals surface area contributed by atoms with Gasteiger partial charge >= 0.3 is 0 Å². The Bertz CT molecular complexity index is 1330. The van der Waals surface area contributed by atoms with Crippen LogP contribution in [0.4, 0.5) is 5.69 Å². The highest BCUT2D eigenvalue weighted by Gasteiger charge is 2.28. The molecule has 0 aliphatic carbocycles. The zero-order valence-corrected chi connectivity index (χ0v) is 21.8. The number of rotatable bonds is 7. The van der Waals surface area contributed by atoms with Crippen molar-refractivity contribution in [3.05, 3.63) is 94.0 Å². The number of nitrogens with one attached hydrogen (secondary N) is 1. The van der Waals surface area contributed by atoms with Crippen LogP contribution in [0, 0.1) is 20.8 Å². The van der Waals surface area contributed by atoms with Gasteiger partial charge in [0.05, 0.1) is 16.6 Å². The smallest absolute Gasteiger partial charge is 0.264 e. The molecule has 0 saturated carbocycles. The molecule has 184 valence electrons. The molecule has 3 aromatic carbocycles. The van der Waals surface area contributed by atoms with E-state index in [1.807, 2.05) is 43.3 Å². The van der Waals surface area contributed by atoms with Crippen molar-refractivity contribution in [3.63, 3.8) is 0 Å². The third kappa shape index (κ3) is 5.43. The molecule has 0 aromatic heterocycles. The molecule has 5 nitrogen and oxygen atoms in total. The second kappa shape index (κ2) is 10.2. The fourth-order valence-electron chi connectivity index (χ4n) is 4.80. The molecule has 1 N–H and O–H groups in total. The van der Waals surface area contributed by atoms with Gasteiger partial charge in [-0.05, 0) is 98.5 Å². The van der Waals surface area contributed by atoms with Gasteiger partial charge in [0.15, 0.2) is 0 Å². The molecule has 1 aliphatic rings. The first-order chi connectivity index (χ1) is 16.7. The van der Waals surface area contributed by atoms with Gasteiger partial charge in [-0.3, -0.25) is 9.10 Å². The summed E-state index contributed by atoms with van der Waals surface area (Å²) in [6.07, 6.45) is 2.60. The van der Waals surface area contributed by atoms with Crippen molar-refractivity contribution in [2.75, 3.05) is 10.8 Å². The minimum atomic E-state index is -3.63. The Labute approximate surface area is 209 Å². The number of aryl methyl sites for hydroxylation is 5. The summed E-state index contributed by atoms with van der Waals surface area (Å²) in [5.74, 6) is -0.0169. The molecule has 0 bridgehead atoms. The van der Waals surface area contributed by atoms with Gasteiger partial charge in [0.2, 0.25) is 5.91 Å². The summed E-state index contributed by atoms with van der Waals surface area (Å²) in [4.78, 5) is 12.9. The molecule has 1 heterocycles. The van der Waals surface area contributed by atoms with E-state index in [4.69, 9.17) is 0 Å². The van der Waals surface area contributed by atoms with E-state index >= 15 is 0 Å². The van der Waals surface area contributed by atoms with Crippen molar-refractivity contribution in [2.45, 2.75) is 64.3 Å². The number of carbonyl (C=O) groups is 1. The Kier molecular flexibility index (Phi) is 7.31.